The van der Waals surface area contributed by atoms with Crippen molar-refractivity contribution < 1.29 is 4.74 Å². The number of nitrogens with one attached hydrogen (secondary N) is 1. The second-order valence-corrected chi connectivity index (χ2v) is 5.37. The average molecular weight is 264 g/mol. The molecule has 1 fully saturated rings. The minimum absolute atomic E-state index is 0.0183. The van der Waals surface area contributed by atoms with Crippen LogP contribution in [-0.2, 0) is 4.74 Å². The number of aryl methyl sites for hydroxylation is 1. The largest absolute Gasteiger partial charge is 0.374 e. The molecule has 106 valence electrons. The van der Waals surface area contributed by atoms with Crippen LogP contribution in [0.2, 0.25) is 0 Å². The summed E-state index contributed by atoms with van der Waals surface area (Å²) in [7, 11) is 0. The van der Waals surface area contributed by atoms with Crippen molar-refractivity contribution in [1.29, 1.82) is 0 Å². The lowest BCUT2D eigenvalue weighted by Crippen LogP contribution is -2.51. The smallest absolute Gasteiger partial charge is 0.0910 e. The van der Waals surface area contributed by atoms with Gasteiger partial charge in [0.1, 0.15) is 0 Å². The molecule has 0 saturated carbocycles. The minimum atomic E-state index is -0.0183. The number of aromatic nitrogens is 1. The molecule has 3 N–H and O–H groups in total. The lowest BCUT2D eigenvalue weighted by atomic mass is 9.98. The van der Waals surface area contributed by atoms with Gasteiger partial charge in [0.15, 0.2) is 0 Å². The summed E-state index contributed by atoms with van der Waals surface area (Å²) < 4.78 is 5.91. The number of hydrazine groups is 1. The Morgan fingerprint density at radius 3 is 2.95 bits per heavy atom. The Kier molecular flexibility index (Phi) is 4.87. The van der Waals surface area contributed by atoms with Crippen molar-refractivity contribution in [1.82, 2.24) is 15.3 Å². The predicted molar refractivity (Wildman–Crippen MR) is 75.5 cm³/mol. The van der Waals surface area contributed by atoms with Gasteiger partial charge in [-0.25, -0.2) is 0 Å². The average Bonchev–Trinajstić information content (AvgIpc) is 2.42. The van der Waals surface area contributed by atoms with Crippen LogP contribution < -0.4 is 11.3 Å². The quantitative estimate of drug-likeness (QED) is 0.627. The van der Waals surface area contributed by atoms with Gasteiger partial charge >= 0.3 is 0 Å². The summed E-state index contributed by atoms with van der Waals surface area (Å²) in [6.45, 7) is 9.12. The van der Waals surface area contributed by atoms with Crippen LogP contribution in [0.15, 0.2) is 18.5 Å². The van der Waals surface area contributed by atoms with E-state index in [1.165, 1.54) is 5.56 Å². The number of pyridine rings is 1. The summed E-state index contributed by atoms with van der Waals surface area (Å²) in [5.41, 5.74) is 5.19. The van der Waals surface area contributed by atoms with Gasteiger partial charge < -0.3 is 4.74 Å². The molecular formula is C14H24N4O. The Morgan fingerprint density at radius 2 is 2.32 bits per heavy atom. The summed E-state index contributed by atoms with van der Waals surface area (Å²) in [6.07, 6.45) is 3.73. The van der Waals surface area contributed by atoms with Crippen LogP contribution in [-0.4, -0.2) is 41.7 Å². The van der Waals surface area contributed by atoms with Crippen molar-refractivity contribution in [3.05, 3.63) is 29.6 Å². The molecule has 0 aromatic carbocycles. The lowest BCUT2D eigenvalue weighted by molar-refractivity contribution is -0.0562. The lowest BCUT2D eigenvalue weighted by Gasteiger charge is -2.39. The number of rotatable bonds is 4. The molecule has 0 spiro atoms. The van der Waals surface area contributed by atoms with Crippen LogP contribution in [0.3, 0.4) is 0 Å². The Hall–Kier alpha value is -1.01. The van der Waals surface area contributed by atoms with E-state index < -0.39 is 0 Å². The van der Waals surface area contributed by atoms with E-state index in [1.54, 1.807) is 6.20 Å². The molecule has 5 nitrogen and oxygen atoms in total. The number of nitrogens with zero attached hydrogens (tertiary/aromatic N) is 2. The number of nitrogens with two attached hydrogens (primary N) is 1. The Balaban J connectivity index is 2.16. The highest BCUT2D eigenvalue weighted by molar-refractivity contribution is 5.26. The minimum Gasteiger partial charge on any atom is -0.374 e. The zero-order valence-corrected chi connectivity index (χ0v) is 12.0. The monoisotopic (exact) mass is 264 g/mol. The SMILES string of the molecule is Cc1ccncc1C(NN)C1CN(C(C)C)CCO1. The van der Waals surface area contributed by atoms with Gasteiger partial charge in [-0.3, -0.25) is 21.2 Å². The van der Waals surface area contributed by atoms with Gasteiger partial charge in [-0.15, -0.1) is 0 Å². The fourth-order valence-electron chi connectivity index (χ4n) is 2.57. The van der Waals surface area contributed by atoms with E-state index in [4.69, 9.17) is 10.6 Å². The molecule has 19 heavy (non-hydrogen) atoms. The number of morpholine rings is 1. The Bertz CT molecular complexity index is 410. The Morgan fingerprint density at radius 1 is 1.53 bits per heavy atom. The van der Waals surface area contributed by atoms with E-state index in [-0.39, 0.29) is 12.1 Å². The molecule has 2 unspecified atom stereocenters. The fraction of sp³-hybridized carbons (Fsp3) is 0.643. The van der Waals surface area contributed by atoms with Crippen molar-refractivity contribution in [3.63, 3.8) is 0 Å². The van der Waals surface area contributed by atoms with E-state index in [2.05, 4.69) is 36.1 Å². The van der Waals surface area contributed by atoms with Crippen LogP contribution in [0.5, 0.6) is 0 Å². The molecule has 1 saturated heterocycles. The summed E-state index contributed by atoms with van der Waals surface area (Å²) in [5.74, 6) is 5.75. The summed E-state index contributed by atoms with van der Waals surface area (Å²) in [5, 5.41) is 0. The van der Waals surface area contributed by atoms with Gasteiger partial charge in [0.2, 0.25) is 0 Å². The first-order chi connectivity index (χ1) is 9.13. The zero-order valence-electron chi connectivity index (χ0n) is 12.0. The molecule has 0 amide bonds. The van der Waals surface area contributed by atoms with Crippen molar-refractivity contribution in [2.75, 3.05) is 19.7 Å². The fourth-order valence-corrected chi connectivity index (χ4v) is 2.57. The molecule has 2 heterocycles. The van der Waals surface area contributed by atoms with Crippen LogP contribution in [0.25, 0.3) is 0 Å². The van der Waals surface area contributed by atoms with E-state index in [0.29, 0.717) is 6.04 Å². The maximum absolute atomic E-state index is 5.91. The topological polar surface area (TPSA) is 63.4 Å². The van der Waals surface area contributed by atoms with E-state index in [1.807, 2.05) is 12.3 Å². The highest BCUT2D eigenvalue weighted by Gasteiger charge is 2.30. The van der Waals surface area contributed by atoms with Gasteiger partial charge in [-0.2, -0.15) is 0 Å². The van der Waals surface area contributed by atoms with E-state index >= 15 is 0 Å². The van der Waals surface area contributed by atoms with Crippen molar-refractivity contribution in [2.45, 2.75) is 39.0 Å². The maximum atomic E-state index is 5.91. The molecule has 5 heteroatoms. The van der Waals surface area contributed by atoms with Gasteiger partial charge in [0.25, 0.3) is 0 Å². The van der Waals surface area contributed by atoms with Gasteiger partial charge in [0, 0.05) is 31.5 Å². The first-order valence-electron chi connectivity index (χ1n) is 6.85. The molecule has 1 aliphatic rings. The number of hydrogen-bond donors (Lipinski definition) is 2. The normalized spacial score (nSPS) is 22.7. The summed E-state index contributed by atoms with van der Waals surface area (Å²) in [6, 6.07) is 2.51. The zero-order chi connectivity index (χ0) is 13.8. The molecule has 1 aromatic heterocycles. The number of ether oxygens (including phenoxy) is 1. The Labute approximate surface area is 115 Å². The van der Waals surface area contributed by atoms with E-state index in [0.717, 1.165) is 25.3 Å². The van der Waals surface area contributed by atoms with Crippen LogP contribution in [0.4, 0.5) is 0 Å². The third kappa shape index (κ3) is 3.30. The first kappa shape index (κ1) is 14.4. The third-order valence-corrected chi connectivity index (χ3v) is 3.82. The molecule has 0 bridgehead atoms. The van der Waals surface area contributed by atoms with Crippen LogP contribution >= 0.6 is 0 Å². The summed E-state index contributed by atoms with van der Waals surface area (Å²) >= 11 is 0. The highest BCUT2D eigenvalue weighted by Crippen LogP contribution is 2.24. The van der Waals surface area contributed by atoms with Gasteiger partial charge in [-0.05, 0) is 38.0 Å². The molecule has 2 rings (SSSR count). The standard InChI is InChI=1S/C14H24N4O/c1-10(2)18-6-7-19-13(9-18)14(17-15)12-8-16-5-4-11(12)3/h4-5,8,10,13-14,17H,6-7,9,15H2,1-3H3. The molecular weight excluding hydrogens is 240 g/mol. The second kappa shape index (κ2) is 6.43. The molecule has 0 radical (unpaired) electrons. The molecule has 1 aliphatic heterocycles. The maximum Gasteiger partial charge on any atom is 0.0910 e. The summed E-state index contributed by atoms with van der Waals surface area (Å²) in [4.78, 5) is 6.62. The predicted octanol–water partition coefficient (Wildman–Crippen LogP) is 1.00. The molecule has 2 atom stereocenters. The molecule has 0 aliphatic carbocycles. The van der Waals surface area contributed by atoms with E-state index in [9.17, 15) is 0 Å². The third-order valence-electron chi connectivity index (χ3n) is 3.82. The van der Waals surface area contributed by atoms with Gasteiger partial charge in [0.05, 0.1) is 18.8 Å². The second-order valence-electron chi connectivity index (χ2n) is 5.37. The van der Waals surface area contributed by atoms with Crippen molar-refractivity contribution in [2.24, 2.45) is 5.84 Å². The van der Waals surface area contributed by atoms with Crippen molar-refractivity contribution >= 4 is 0 Å². The van der Waals surface area contributed by atoms with Gasteiger partial charge in [-0.1, -0.05) is 0 Å². The first-order valence-corrected chi connectivity index (χ1v) is 6.85. The molecule has 1 aromatic rings. The van der Waals surface area contributed by atoms with Crippen molar-refractivity contribution in [3.8, 4) is 0 Å². The number of hydrogen-bond acceptors (Lipinski definition) is 5. The van der Waals surface area contributed by atoms with Crippen LogP contribution in [0, 0.1) is 6.92 Å². The van der Waals surface area contributed by atoms with Crippen LogP contribution in [0.1, 0.15) is 31.0 Å². The highest BCUT2D eigenvalue weighted by atomic mass is 16.5.